The van der Waals surface area contributed by atoms with Gasteiger partial charge in [-0.05, 0) is 43.6 Å². The first-order valence-corrected chi connectivity index (χ1v) is 6.58. The van der Waals surface area contributed by atoms with Gasteiger partial charge in [-0.2, -0.15) is 0 Å². The van der Waals surface area contributed by atoms with Gasteiger partial charge in [-0.25, -0.2) is 0 Å². The Bertz CT molecular complexity index is 251. The molecule has 100 valence electrons. The highest BCUT2D eigenvalue weighted by atomic mass is 35.5. The molecule has 1 saturated heterocycles. The third-order valence-electron chi connectivity index (χ3n) is 4.15. The SMILES string of the molecule is CC1(C)CC1CNC(=O)CCC1CCCN1.Cl. The molecule has 0 aromatic heterocycles. The molecule has 0 aromatic rings. The van der Waals surface area contributed by atoms with E-state index in [0.717, 1.165) is 19.5 Å². The van der Waals surface area contributed by atoms with E-state index in [-0.39, 0.29) is 18.3 Å². The van der Waals surface area contributed by atoms with Crippen molar-refractivity contribution in [2.45, 2.75) is 52.0 Å². The van der Waals surface area contributed by atoms with Crippen LogP contribution in [0.25, 0.3) is 0 Å². The van der Waals surface area contributed by atoms with E-state index in [1.165, 1.54) is 19.3 Å². The van der Waals surface area contributed by atoms with Crippen LogP contribution in [-0.4, -0.2) is 25.0 Å². The van der Waals surface area contributed by atoms with Gasteiger partial charge in [0, 0.05) is 19.0 Å². The summed E-state index contributed by atoms with van der Waals surface area (Å²) in [5, 5.41) is 6.48. The zero-order valence-electron chi connectivity index (χ0n) is 10.9. The van der Waals surface area contributed by atoms with Crippen molar-refractivity contribution in [2.75, 3.05) is 13.1 Å². The first-order valence-electron chi connectivity index (χ1n) is 6.58. The molecule has 1 amide bonds. The van der Waals surface area contributed by atoms with Crippen LogP contribution >= 0.6 is 12.4 Å². The molecule has 2 unspecified atom stereocenters. The molecular weight excluding hydrogens is 236 g/mol. The quantitative estimate of drug-likeness (QED) is 0.795. The lowest BCUT2D eigenvalue weighted by Gasteiger charge is -2.10. The lowest BCUT2D eigenvalue weighted by Crippen LogP contribution is -2.29. The molecular formula is C13H25ClN2O. The Balaban J connectivity index is 0.00000144. The minimum Gasteiger partial charge on any atom is -0.356 e. The van der Waals surface area contributed by atoms with Gasteiger partial charge in [0.15, 0.2) is 0 Å². The Morgan fingerprint density at radius 1 is 1.47 bits per heavy atom. The number of hydrogen-bond acceptors (Lipinski definition) is 2. The molecule has 2 rings (SSSR count). The van der Waals surface area contributed by atoms with Crippen molar-refractivity contribution < 1.29 is 4.79 Å². The van der Waals surface area contributed by atoms with Crippen molar-refractivity contribution in [3.63, 3.8) is 0 Å². The Kier molecular flexibility index (Phi) is 5.26. The summed E-state index contributed by atoms with van der Waals surface area (Å²) in [4.78, 5) is 11.6. The second kappa shape index (κ2) is 6.05. The van der Waals surface area contributed by atoms with E-state index in [2.05, 4.69) is 24.5 Å². The Hall–Kier alpha value is -0.280. The number of carbonyl (C=O) groups excluding carboxylic acids is 1. The van der Waals surface area contributed by atoms with Gasteiger partial charge < -0.3 is 10.6 Å². The maximum absolute atomic E-state index is 11.6. The number of halogens is 1. The van der Waals surface area contributed by atoms with Gasteiger partial charge in [0.25, 0.3) is 0 Å². The monoisotopic (exact) mass is 260 g/mol. The van der Waals surface area contributed by atoms with Gasteiger partial charge in [0.1, 0.15) is 0 Å². The highest BCUT2D eigenvalue weighted by Crippen LogP contribution is 2.50. The number of carbonyl (C=O) groups is 1. The minimum absolute atomic E-state index is 0. The van der Waals surface area contributed by atoms with Crippen molar-refractivity contribution in [1.82, 2.24) is 10.6 Å². The molecule has 2 N–H and O–H groups in total. The normalized spacial score (nSPS) is 29.5. The summed E-state index contributed by atoms with van der Waals surface area (Å²) in [6, 6.07) is 0.586. The zero-order chi connectivity index (χ0) is 11.6. The molecule has 0 aromatic carbocycles. The summed E-state index contributed by atoms with van der Waals surface area (Å²) in [6.45, 7) is 6.55. The van der Waals surface area contributed by atoms with Crippen molar-refractivity contribution in [3.8, 4) is 0 Å². The first-order chi connectivity index (χ1) is 7.58. The van der Waals surface area contributed by atoms with Crippen LogP contribution < -0.4 is 10.6 Å². The first kappa shape index (κ1) is 14.8. The largest absolute Gasteiger partial charge is 0.356 e. The van der Waals surface area contributed by atoms with E-state index >= 15 is 0 Å². The van der Waals surface area contributed by atoms with Crippen molar-refractivity contribution in [1.29, 1.82) is 0 Å². The predicted octanol–water partition coefficient (Wildman–Crippen LogP) is 2.10. The van der Waals surface area contributed by atoms with Crippen LogP contribution in [0.3, 0.4) is 0 Å². The summed E-state index contributed by atoms with van der Waals surface area (Å²) in [5.74, 6) is 0.942. The van der Waals surface area contributed by atoms with Crippen LogP contribution in [0, 0.1) is 11.3 Å². The van der Waals surface area contributed by atoms with E-state index in [9.17, 15) is 4.79 Å². The molecule has 1 saturated carbocycles. The Morgan fingerprint density at radius 3 is 2.71 bits per heavy atom. The molecule has 2 atom stereocenters. The van der Waals surface area contributed by atoms with Crippen LogP contribution in [0.15, 0.2) is 0 Å². The van der Waals surface area contributed by atoms with Gasteiger partial charge in [-0.3, -0.25) is 4.79 Å². The predicted molar refractivity (Wildman–Crippen MR) is 72.4 cm³/mol. The second-order valence-electron chi connectivity index (χ2n) is 6.03. The molecule has 4 heteroatoms. The number of rotatable bonds is 5. The van der Waals surface area contributed by atoms with Crippen molar-refractivity contribution >= 4 is 18.3 Å². The summed E-state index contributed by atoms with van der Waals surface area (Å²) in [5.41, 5.74) is 0.473. The fourth-order valence-corrected chi connectivity index (χ4v) is 2.56. The van der Waals surface area contributed by atoms with Crippen LogP contribution in [-0.2, 0) is 4.79 Å². The van der Waals surface area contributed by atoms with E-state index in [1.807, 2.05) is 0 Å². The summed E-state index contributed by atoms with van der Waals surface area (Å²) in [6.07, 6.45) is 5.45. The van der Waals surface area contributed by atoms with Gasteiger partial charge >= 0.3 is 0 Å². The fourth-order valence-electron chi connectivity index (χ4n) is 2.56. The molecule has 3 nitrogen and oxygen atoms in total. The highest BCUT2D eigenvalue weighted by molar-refractivity contribution is 5.85. The van der Waals surface area contributed by atoms with Crippen LogP contribution in [0.4, 0.5) is 0 Å². The van der Waals surface area contributed by atoms with E-state index in [1.54, 1.807) is 0 Å². The van der Waals surface area contributed by atoms with E-state index in [0.29, 0.717) is 23.8 Å². The van der Waals surface area contributed by atoms with Gasteiger partial charge in [-0.15, -0.1) is 12.4 Å². The van der Waals surface area contributed by atoms with Gasteiger partial charge in [-0.1, -0.05) is 13.8 Å². The maximum Gasteiger partial charge on any atom is 0.220 e. The van der Waals surface area contributed by atoms with Gasteiger partial charge in [0.2, 0.25) is 5.91 Å². The zero-order valence-corrected chi connectivity index (χ0v) is 11.7. The second-order valence-corrected chi connectivity index (χ2v) is 6.03. The molecule has 1 heterocycles. The van der Waals surface area contributed by atoms with Crippen LogP contribution in [0.1, 0.15) is 46.0 Å². The molecule has 17 heavy (non-hydrogen) atoms. The maximum atomic E-state index is 11.6. The molecule has 2 aliphatic rings. The van der Waals surface area contributed by atoms with E-state index < -0.39 is 0 Å². The molecule has 0 radical (unpaired) electrons. The molecule has 1 aliphatic carbocycles. The molecule has 0 bridgehead atoms. The topological polar surface area (TPSA) is 41.1 Å². The smallest absolute Gasteiger partial charge is 0.220 e. The summed E-state index contributed by atoms with van der Waals surface area (Å²) >= 11 is 0. The molecule has 0 spiro atoms. The highest BCUT2D eigenvalue weighted by Gasteiger charge is 2.45. The third-order valence-corrected chi connectivity index (χ3v) is 4.15. The van der Waals surface area contributed by atoms with Gasteiger partial charge in [0.05, 0.1) is 0 Å². The average Bonchev–Trinajstić information content (AvgIpc) is 2.70. The van der Waals surface area contributed by atoms with E-state index in [4.69, 9.17) is 0 Å². The minimum atomic E-state index is 0. The van der Waals surface area contributed by atoms with Crippen molar-refractivity contribution in [3.05, 3.63) is 0 Å². The lowest BCUT2D eigenvalue weighted by molar-refractivity contribution is -0.121. The lowest BCUT2D eigenvalue weighted by atomic mass is 10.1. The Morgan fingerprint density at radius 2 is 2.18 bits per heavy atom. The number of nitrogens with one attached hydrogen (secondary N) is 2. The number of amides is 1. The summed E-state index contributed by atoms with van der Waals surface area (Å²) in [7, 11) is 0. The van der Waals surface area contributed by atoms with Crippen molar-refractivity contribution in [2.24, 2.45) is 11.3 Å². The fraction of sp³-hybridized carbons (Fsp3) is 0.923. The molecule has 2 fully saturated rings. The number of hydrogen-bond donors (Lipinski definition) is 2. The average molecular weight is 261 g/mol. The van der Waals surface area contributed by atoms with Crippen LogP contribution in [0.5, 0.6) is 0 Å². The van der Waals surface area contributed by atoms with Crippen LogP contribution in [0.2, 0.25) is 0 Å². The molecule has 1 aliphatic heterocycles. The standard InChI is InChI=1S/C13H24N2O.ClH/c1-13(2)8-10(13)9-15-12(16)6-5-11-4-3-7-14-11;/h10-11,14H,3-9H2,1-2H3,(H,15,16);1H. The summed E-state index contributed by atoms with van der Waals surface area (Å²) < 4.78 is 0. The third kappa shape index (κ3) is 4.47. The Labute approximate surface area is 111 Å².